The number of carbonyl (C=O) groups is 1. The molecule has 0 radical (unpaired) electrons. The third kappa shape index (κ3) is 4.80. The molecule has 8 heteroatoms. The first-order valence-electron chi connectivity index (χ1n) is 11.2. The van der Waals surface area contributed by atoms with Crippen molar-refractivity contribution in [2.24, 2.45) is 0 Å². The number of benzene rings is 2. The molecule has 1 aliphatic rings. The molecule has 172 valence electrons. The summed E-state index contributed by atoms with van der Waals surface area (Å²) < 4.78 is 21.1. The zero-order valence-electron chi connectivity index (χ0n) is 18.5. The number of aromatic nitrogens is 4. The SMILES string of the molecule is O=C(c1ccccc1Cn1ccnc1)N1CCCC(c2nccnc2Oc2ccc(F)cc2)C1. The fourth-order valence-corrected chi connectivity index (χ4v) is 4.31. The van der Waals surface area contributed by atoms with Crippen molar-refractivity contribution in [2.75, 3.05) is 13.1 Å². The Morgan fingerprint density at radius 2 is 1.88 bits per heavy atom. The Balaban J connectivity index is 1.35. The second-order valence-corrected chi connectivity index (χ2v) is 8.29. The lowest BCUT2D eigenvalue weighted by atomic mass is 9.93. The van der Waals surface area contributed by atoms with Gasteiger partial charge in [-0.3, -0.25) is 9.78 Å². The van der Waals surface area contributed by atoms with E-state index >= 15 is 0 Å². The van der Waals surface area contributed by atoms with Crippen molar-refractivity contribution in [2.45, 2.75) is 25.3 Å². The maximum atomic E-state index is 13.5. The van der Waals surface area contributed by atoms with Gasteiger partial charge in [0.1, 0.15) is 17.3 Å². The van der Waals surface area contributed by atoms with Crippen molar-refractivity contribution in [3.8, 4) is 11.6 Å². The van der Waals surface area contributed by atoms with E-state index in [-0.39, 0.29) is 17.6 Å². The van der Waals surface area contributed by atoms with Crippen molar-refractivity contribution in [3.63, 3.8) is 0 Å². The highest BCUT2D eigenvalue weighted by Gasteiger charge is 2.29. The molecule has 0 bridgehead atoms. The molecule has 4 aromatic rings. The number of imidazole rings is 1. The highest BCUT2D eigenvalue weighted by atomic mass is 19.1. The summed E-state index contributed by atoms with van der Waals surface area (Å²) in [6.07, 6.45) is 10.3. The number of hydrogen-bond acceptors (Lipinski definition) is 5. The van der Waals surface area contributed by atoms with Gasteiger partial charge in [0.2, 0.25) is 5.88 Å². The molecule has 1 atom stereocenters. The number of nitrogens with zero attached hydrogens (tertiary/aromatic N) is 5. The number of halogens is 1. The van der Waals surface area contributed by atoms with Gasteiger partial charge in [0.05, 0.1) is 6.33 Å². The highest BCUT2D eigenvalue weighted by Crippen LogP contribution is 2.33. The smallest absolute Gasteiger partial charge is 0.254 e. The van der Waals surface area contributed by atoms with E-state index in [4.69, 9.17) is 4.74 Å². The van der Waals surface area contributed by atoms with Crippen LogP contribution < -0.4 is 4.74 Å². The molecule has 2 aromatic heterocycles. The molecule has 34 heavy (non-hydrogen) atoms. The fraction of sp³-hybridized carbons (Fsp3) is 0.231. The monoisotopic (exact) mass is 457 g/mol. The van der Waals surface area contributed by atoms with Crippen LogP contribution in [0.3, 0.4) is 0 Å². The van der Waals surface area contributed by atoms with E-state index in [1.165, 1.54) is 12.1 Å². The Hall–Kier alpha value is -4.07. The van der Waals surface area contributed by atoms with Crippen molar-refractivity contribution < 1.29 is 13.9 Å². The number of hydrogen-bond donors (Lipinski definition) is 0. The van der Waals surface area contributed by atoms with Gasteiger partial charge in [-0.15, -0.1) is 0 Å². The Morgan fingerprint density at radius 3 is 2.71 bits per heavy atom. The fourth-order valence-electron chi connectivity index (χ4n) is 4.31. The third-order valence-corrected chi connectivity index (χ3v) is 5.97. The molecule has 7 nitrogen and oxygen atoms in total. The number of rotatable bonds is 6. The Labute approximate surface area is 196 Å². The molecule has 0 aliphatic carbocycles. The number of piperidine rings is 1. The van der Waals surface area contributed by atoms with E-state index in [0.717, 1.165) is 18.4 Å². The molecular formula is C26H24FN5O2. The summed E-state index contributed by atoms with van der Waals surface area (Å²) in [7, 11) is 0. The molecule has 1 unspecified atom stereocenters. The van der Waals surface area contributed by atoms with Crippen LogP contribution in [0.1, 0.15) is 40.4 Å². The van der Waals surface area contributed by atoms with Gasteiger partial charge in [-0.1, -0.05) is 18.2 Å². The zero-order chi connectivity index (χ0) is 23.3. The van der Waals surface area contributed by atoms with Gasteiger partial charge in [0, 0.05) is 55.9 Å². The van der Waals surface area contributed by atoms with Crippen LogP contribution in [-0.4, -0.2) is 43.4 Å². The first-order valence-corrected chi connectivity index (χ1v) is 11.2. The van der Waals surface area contributed by atoms with Crippen LogP contribution in [-0.2, 0) is 6.54 Å². The summed E-state index contributed by atoms with van der Waals surface area (Å²) in [5, 5.41) is 0. The Morgan fingerprint density at radius 1 is 1.06 bits per heavy atom. The van der Waals surface area contributed by atoms with Crippen LogP contribution in [0.2, 0.25) is 0 Å². The lowest BCUT2D eigenvalue weighted by Crippen LogP contribution is -2.39. The summed E-state index contributed by atoms with van der Waals surface area (Å²) >= 11 is 0. The van der Waals surface area contributed by atoms with Gasteiger partial charge >= 0.3 is 0 Å². The minimum absolute atomic E-state index is 0.00492. The van der Waals surface area contributed by atoms with Gasteiger partial charge < -0.3 is 14.2 Å². The number of carbonyl (C=O) groups excluding carboxylic acids is 1. The van der Waals surface area contributed by atoms with Gasteiger partial charge in [0.15, 0.2) is 0 Å². The van der Waals surface area contributed by atoms with Crippen LogP contribution in [0.5, 0.6) is 11.6 Å². The quantitative estimate of drug-likeness (QED) is 0.421. The van der Waals surface area contributed by atoms with E-state index in [1.807, 2.05) is 39.9 Å². The summed E-state index contributed by atoms with van der Waals surface area (Å²) in [5.41, 5.74) is 2.35. The molecule has 5 rings (SSSR count). The standard InChI is InChI=1S/C26H24FN5O2/c27-21-7-9-22(10-8-21)34-25-24(29-11-12-30-25)20-5-3-14-32(17-20)26(33)23-6-2-1-4-19(23)16-31-15-13-28-18-31/h1-2,4,6-13,15,18,20H,3,5,14,16-17H2. The largest absolute Gasteiger partial charge is 0.437 e. The topological polar surface area (TPSA) is 73.1 Å². The molecule has 3 heterocycles. The van der Waals surface area contributed by atoms with E-state index in [9.17, 15) is 9.18 Å². The normalized spacial score (nSPS) is 15.8. The lowest BCUT2D eigenvalue weighted by Gasteiger charge is -2.33. The average molecular weight is 458 g/mol. The minimum Gasteiger partial charge on any atom is -0.437 e. The van der Waals surface area contributed by atoms with Crippen LogP contribution in [0, 0.1) is 5.82 Å². The van der Waals surface area contributed by atoms with E-state index in [1.54, 1.807) is 37.1 Å². The van der Waals surface area contributed by atoms with Gasteiger partial charge in [-0.2, -0.15) is 0 Å². The molecule has 0 spiro atoms. The molecule has 1 saturated heterocycles. The van der Waals surface area contributed by atoms with E-state index in [2.05, 4.69) is 15.0 Å². The Kier molecular flexibility index (Phi) is 6.29. The zero-order valence-corrected chi connectivity index (χ0v) is 18.5. The lowest BCUT2D eigenvalue weighted by molar-refractivity contribution is 0.0703. The van der Waals surface area contributed by atoms with E-state index in [0.29, 0.717) is 42.5 Å². The van der Waals surface area contributed by atoms with E-state index < -0.39 is 0 Å². The predicted octanol–water partition coefficient (Wildman–Crippen LogP) is 4.67. The summed E-state index contributed by atoms with van der Waals surface area (Å²) in [6, 6.07) is 13.5. The maximum Gasteiger partial charge on any atom is 0.254 e. The second-order valence-electron chi connectivity index (χ2n) is 8.29. The second kappa shape index (κ2) is 9.82. The van der Waals surface area contributed by atoms with Crippen molar-refractivity contribution >= 4 is 5.91 Å². The summed E-state index contributed by atoms with van der Waals surface area (Å²) in [6.45, 7) is 1.79. The minimum atomic E-state index is -0.332. The van der Waals surface area contributed by atoms with Crippen molar-refractivity contribution in [3.05, 3.63) is 102 Å². The molecule has 1 amide bonds. The van der Waals surface area contributed by atoms with Gasteiger partial charge in [-0.25, -0.2) is 14.4 Å². The molecule has 1 fully saturated rings. The molecule has 0 saturated carbocycles. The van der Waals surface area contributed by atoms with Crippen LogP contribution in [0.15, 0.2) is 79.6 Å². The number of ether oxygens (including phenoxy) is 1. The molecule has 2 aromatic carbocycles. The van der Waals surface area contributed by atoms with Gasteiger partial charge in [0.25, 0.3) is 5.91 Å². The van der Waals surface area contributed by atoms with Gasteiger partial charge in [-0.05, 0) is 48.7 Å². The van der Waals surface area contributed by atoms with Crippen LogP contribution in [0.4, 0.5) is 4.39 Å². The Bertz CT molecular complexity index is 1260. The maximum absolute atomic E-state index is 13.5. The molecule has 0 N–H and O–H groups in total. The highest BCUT2D eigenvalue weighted by molar-refractivity contribution is 5.95. The number of likely N-dealkylation sites (tertiary alicyclic amines) is 1. The number of amides is 1. The van der Waals surface area contributed by atoms with Crippen LogP contribution >= 0.6 is 0 Å². The van der Waals surface area contributed by atoms with Crippen molar-refractivity contribution in [1.82, 2.24) is 24.4 Å². The predicted molar refractivity (Wildman–Crippen MR) is 124 cm³/mol. The van der Waals surface area contributed by atoms with Crippen LogP contribution in [0.25, 0.3) is 0 Å². The summed E-state index contributed by atoms with van der Waals surface area (Å²) in [5.74, 6) is 0.531. The first-order chi connectivity index (χ1) is 16.7. The molecule has 1 aliphatic heterocycles. The first kappa shape index (κ1) is 21.8. The summed E-state index contributed by atoms with van der Waals surface area (Å²) in [4.78, 5) is 28.4. The molecular weight excluding hydrogens is 433 g/mol. The third-order valence-electron chi connectivity index (χ3n) is 5.97. The van der Waals surface area contributed by atoms with Crippen molar-refractivity contribution in [1.29, 1.82) is 0 Å². The average Bonchev–Trinajstić information content (AvgIpc) is 3.39.